The summed E-state index contributed by atoms with van der Waals surface area (Å²) in [4.78, 5) is 0. The van der Waals surface area contributed by atoms with E-state index in [4.69, 9.17) is 5.11 Å². The van der Waals surface area contributed by atoms with Crippen molar-refractivity contribution in [3.63, 3.8) is 0 Å². The van der Waals surface area contributed by atoms with E-state index in [1.807, 2.05) is 0 Å². The SMILES string of the molecule is OCC1C[C@H]2CC(O)C[C@@H](C1)C2. The van der Waals surface area contributed by atoms with Crippen LogP contribution < -0.4 is 0 Å². The van der Waals surface area contributed by atoms with Gasteiger partial charge in [0.2, 0.25) is 0 Å². The molecule has 2 nitrogen and oxygen atoms in total. The topological polar surface area (TPSA) is 40.5 Å². The molecule has 2 aliphatic rings. The number of hydrogen-bond acceptors (Lipinski definition) is 2. The molecule has 0 saturated heterocycles. The van der Waals surface area contributed by atoms with Gasteiger partial charge in [-0.1, -0.05) is 0 Å². The van der Waals surface area contributed by atoms with Crippen LogP contribution in [0.15, 0.2) is 0 Å². The Morgan fingerprint density at radius 3 is 2.00 bits per heavy atom. The van der Waals surface area contributed by atoms with Gasteiger partial charge in [-0.05, 0) is 49.9 Å². The van der Waals surface area contributed by atoms with E-state index in [9.17, 15) is 5.11 Å². The highest BCUT2D eigenvalue weighted by molar-refractivity contribution is 4.86. The van der Waals surface area contributed by atoms with E-state index < -0.39 is 0 Å². The molecule has 12 heavy (non-hydrogen) atoms. The van der Waals surface area contributed by atoms with Gasteiger partial charge in [0.25, 0.3) is 0 Å². The molecule has 0 radical (unpaired) electrons. The lowest BCUT2D eigenvalue weighted by molar-refractivity contribution is 0.0146. The second-order valence-corrected chi connectivity index (χ2v) is 4.61. The molecule has 4 atom stereocenters. The summed E-state index contributed by atoms with van der Waals surface area (Å²) < 4.78 is 0. The van der Waals surface area contributed by atoms with Gasteiger partial charge in [-0.3, -0.25) is 0 Å². The second kappa shape index (κ2) is 3.35. The van der Waals surface area contributed by atoms with Crippen molar-refractivity contribution in [3.8, 4) is 0 Å². The molecule has 0 aromatic heterocycles. The smallest absolute Gasteiger partial charge is 0.0545 e. The van der Waals surface area contributed by atoms with Crippen molar-refractivity contribution in [2.24, 2.45) is 17.8 Å². The first-order chi connectivity index (χ1) is 5.78. The zero-order chi connectivity index (χ0) is 8.55. The van der Waals surface area contributed by atoms with Gasteiger partial charge in [-0.2, -0.15) is 0 Å². The van der Waals surface area contributed by atoms with Crippen LogP contribution in [-0.4, -0.2) is 22.9 Å². The summed E-state index contributed by atoms with van der Waals surface area (Å²) in [6.45, 7) is 0.350. The summed E-state index contributed by atoms with van der Waals surface area (Å²) in [7, 11) is 0. The third-order valence-electron chi connectivity index (χ3n) is 3.47. The molecule has 0 aliphatic heterocycles. The van der Waals surface area contributed by atoms with Crippen molar-refractivity contribution >= 4 is 0 Å². The molecule has 2 heteroatoms. The maximum absolute atomic E-state index is 9.51. The molecule has 0 heterocycles. The third-order valence-corrected chi connectivity index (χ3v) is 3.47. The van der Waals surface area contributed by atoms with Gasteiger partial charge >= 0.3 is 0 Å². The summed E-state index contributed by atoms with van der Waals surface area (Å²) in [5.74, 6) is 1.93. The first-order valence-electron chi connectivity index (χ1n) is 5.07. The van der Waals surface area contributed by atoms with E-state index in [0.29, 0.717) is 24.4 Å². The van der Waals surface area contributed by atoms with E-state index in [-0.39, 0.29) is 6.10 Å². The Hall–Kier alpha value is -0.0800. The van der Waals surface area contributed by atoms with Crippen LogP contribution in [0.4, 0.5) is 0 Å². The Morgan fingerprint density at radius 1 is 0.917 bits per heavy atom. The Kier molecular flexibility index (Phi) is 2.37. The lowest BCUT2D eigenvalue weighted by Crippen LogP contribution is -2.34. The summed E-state index contributed by atoms with van der Waals surface area (Å²) >= 11 is 0. The lowest BCUT2D eigenvalue weighted by Gasteiger charge is -2.40. The molecule has 0 amide bonds. The van der Waals surface area contributed by atoms with E-state index in [2.05, 4.69) is 0 Å². The molecule has 2 rings (SSSR count). The van der Waals surface area contributed by atoms with Crippen LogP contribution in [0.25, 0.3) is 0 Å². The third kappa shape index (κ3) is 1.64. The highest BCUT2D eigenvalue weighted by Gasteiger charge is 2.34. The van der Waals surface area contributed by atoms with Crippen molar-refractivity contribution in [2.45, 2.75) is 38.2 Å². The van der Waals surface area contributed by atoms with Crippen LogP contribution in [0.5, 0.6) is 0 Å². The highest BCUT2D eigenvalue weighted by Crippen LogP contribution is 2.42. The van der Waals surface area contributed by atoms with Gasteiger partial charge < -0.3 is 10.2 Å². The van der Waals surface area contributed by atoms with Crippen LogP contribution in [0.2, 0.25) is 0 Å². The fourth-order valence-corrected chi connectivity index (χ4v) is 3.10. The molecule has 2 bridgehead atoms. The van der Waals surface area contributed by atoms with Crippen LogP contribution in [0.1, 0.15) is 32.1 Å². The molecule has 2 saturated carbocycles. The Bertz CT molecular complexity index is 140. The van der Waals surface area contributed by atoms with Crippen LogP contribution in [0.3, 0.4) is 0 Å². The van der Waals surface area contributed by atoms with E-state index >= 15 is 0 Å². The van der Waals surface area contributed by atoms with Gasteiger partial charge in [0, 0.05) is 6.61 Å². The first kappa shape index (κ1) is 8.52. The lowest BCUT2D eigenvalue weighted by atomic mass is 9.67. The number of hydrogen-bond donors (Lipinski definition) is 2. The Balaban J connectivity index is 1.96. The fourth-order valence-electron chi connectivity index (χ4n) is 3.10. The van der Waals surface area contributed by atoms with Crippen molar-refractivity contribution in [1.82, 2.24) is 0 Å². The summed E-state index contributed by atoms with van der Waals surface area (Å²) in [5, 5.41) is 18.6. The molecule has 0 aromatic carbocycles. The maximum Gasteiger partial charge on any atom is 0.0545 e. The predicted molar refractivity (Wildman–Crippen MR) is 46.6 cm³/mol. The first-order valence-corrected chi connectivity index (χ1v) is 5.07. The van der Waals surface area contributed by atoms with E-state index in [1.165, 1.54) is 6.42 Å². The van der Waals surface area contributed by atoms with Gasteiger partial charge in [-0.15, -0.1) is 0 Å². The van der Waals surface area contributed by atoms with Crippen molar-refractivity contribution in [2.75, 3.05) is 6.61 Å². The standard InChI is InChI=1S/C10H18O2/c11-6-9-2-7-1-8(3-9)5-10(12)4-7/h7-12H,1-6H2/t7-,8+,9?,10?. The van der Waals surface area contributed by atoms with Crippen molar-refractivity contribution in [3.05, 3.63) is 0 Å². The monoisotopic (exact) mass is 170 g/mol. The number of aliphatic hydroxyl groups excluding tert-OH is 2. The minimum absolute atomic E-state index is 0.0478. The van der Waals surface area contributed by atoms with Gasteiger partial charge in [-0.25, -0.2) is 0 Å². The summed E-state index contributed by atoms with van der Waals surface area (Å²) in [6.07, 6.45) is 5.50. The quantitative estimate of drug-likeness (QED) is 0.620. The highest BCUT2D eigenvalue weighted by atomic mass is 16.3. The van der Waals surface area contributed by atoms with Crippen LogP contribution in [-0.2, 0) is 0 Å². The molecule has 2 fully saturated rings. The Labute approximate surface area is 73.6 Å². The van der Waals surface area contributed by atoms with Gasteiger partial charge in [0.05, 0.1) is 6.10 Å². The average Bonchev–Trinajstić information content (AvgIpc) is 2.02. The zero-order valence-corrected chi connectivity index (χ0v) is 7.45. The second-order valence-electron chi connectivity index (χ2n) is 4.61. The number of rotatable bonds is 1. The molecule has 2 N–H and O–H groups in total. The van der Waals surface area contributed by atoms with Crippen LogP contribution >= 0.6 is 0 Å². The Morgan fingerprint density at radius 2 is 1.50 bits per heavy atom. The van der Waals surface area contributed by atoms with Gasteiger partial charge in [0.15, 0.2) is 0 Å². The molecule has 0 spiro atoms. The number of fused-ring (bicyclic) bond motifs is 2. The molecule has 2 unspecified atom stereocenters. The molecular weight excluding hydrogens is 152 g/mol. The summed E-state index contributed by atoms with van der Waals surface area (Å²) in [6, 6.07) is 0. The summed E-state index contributed by atoms with van der Waals surface area (Å²) in [5.41, 5.74) is 0. The normalized spacial score (nSPS) is 47.5. The fraction of sp³-hybridized carbons (Fsp3) is 1.00. The maximum atomic E-state index is 9.51. The van der Waals surface area contributed by atoms with Crippen molar-refractivity contribution < 1.29 is 10.2 Å². The van der Waals surface area contributed by atoms with Crippen molar-refractivity contribution in [1.29, 1.82) is 0 Å². The largest absolute Gasteiger partial charge is 0.396 e. The van der Waals surface area contributed by atoms with Gasteiger partial charge in [0.1, 0.15) is 0 Å². The van der Waals surface area contributed by atoms with Crippen LogP contribution in [0, 0.1) is 17.8 Å². The van der Waals surface area contributed by atoms with E-state index in [0.717, 1.165) is 25.7 Å². The van der Waals surface area contributed by atoms with E-state index in [1.54, 1.807) is 0 Å². The predicted octanol–water partition coefficient (Wildman–Crippen LogP) is 1.17. The molecule has 0 aromatic rings. The molecule has 70 valence electrons. The average molecular weight is 170 g/mol. The zero-order valence-electron chi connectivity index (χ0n) is 7.45. The minimum atomic E-state index is -0.0478. The molecular formula is C10H18O2. The number of aliphatic hydroxyl groups is 2. The minimum Gasteiger partial charge on any atom is -0.396 e. The molecule has 2 aliphatic carbocycles.